The first kappa shape index (κ1) is 18.1. The molecule has 1 aromatic heterocycles. The molecule has 0 fully saturated rings. The van der Waals surface area contributed by atoms with Crippen molar-refractivity contribution in [1.82, 2.24) is 10.0 Å². The SMILES string of the molecule is CC(=O)N(N1C(=O)C([O-])=C([n+]2cccc(C(=O)O)c2)C1=O)C(C)(C)C. The van der Waals surface area contributed by atoms with E-state index in [1.165, 1.54) is 25.3 Å². The van der Waals surface area contributed by atoms with Gasteiger partial charge in [-0.1, -0.05) is 0 Å². The average molecular weight is 347 g/mol. The van der Waals surface area contributed by atoms with E-state index in [1.807, 2.05) is 0 Å². The van der Waals surface area contributed by atoms with Crippen LogP contribution in [-0.4, -0.2) is 44.4 Å². The van der Waals surface area contributed by atoms with Gasteiger partial charge in [0.2, 0.25) is 5.91 Å². The maximum absolute atomic E-state index is 12.7. The molecule has 2 heterocycles. The molecule has 0 bridgehead atoms. The molecule has 1 aromatic rings. The van der Waals surface area contributed by atoms with Crippen molar-refractivity contribution in [3.8, 4) is 0 Å². The van der Waals surface area contributed by atoms with Crippen molar-refractivity contribution in [3.63, 3.8) is 0 Å². The van der Waals surface area contributed by atoms with E-state index in [0.717, 1.165) is 15.8 Å². The molecule has 25 heavy (non-hydrogen) atoms. The first-order valence-electron chi connectivity index (χ1n) is 7.32. The van der Waals surface area contributed by atoms with E-state index in [9.17, 15) is 24.3 Å². The van der Waals surface area contributed by atoms with Crippen LogP contribution in [0.15, 0.2) is 30.3 Å². The Morgan fingerprint density at radius 3 is 2.32 bits per heavy atom. The Labute approximate surface area is 143 Å². The van der Waals surface area contributed by atoms with Crippen molar-refractivity contribution < 1.29 is 34.0 Å². The summed E-state index contributed by atoms with van der Waals surface area (Å²) in [7, 11) is 0. The van der Waals surface area contributed by atoms with Crippen LogP contribution in [0, 0.1) is 0 Å². The van der Waals surface area contributed by atoms with Gasteiger partial charge in [-0.3, -0.25) is 14.4 Å². The van der Waals surface area contributed by atoms with Crippen molar-refractivity contribution in [3.05, 3.63) is 35.8 Å². The van der Waals surface area contributed by atoms with Gasteiger partial charge in [-0.25, -0.2) is 9.80 Å². The Bertz CT molecular complexity index is 821. The third kappa shape index (κ3) is 3.08. The molecule has 0 saturated heterocycles. The highest BCUT2D eigenvalue weighted by molar-refractivity contribution is 6.28. The number of nitrogens with zero attached hydrogens (tertiary/aromatic N) is 3. The van der Waals surface area contributed by atoms with Crippen LogP contribution >= 0.6 is 0 Å². The van der Waals surface area contributed by atoms with Gasteiger partial charge in [-0.05, 0) is 26.8 Å². The zero-order valence-electron chi connectivity index (χ0n) is 14.1. The van der Waals surface area contributed by atoms with Crippen molar-refractivity contribution in [2.45, 2.75) is 33.2 Å². The van der Waals surface area contributed by atoms with E-state index in [0.29, 0.717) is 5.01 Å². The molecule has 9 heteroatoms. The number of hydrogen-bond donors (Lipinski definition) is 1. The summed E-state index contributed by atoms with van der Waals surface area (Å²) in [5.41, 5.74) is -1.63. The highest BCUT2D eigenvalue weighted by atomic mass is 16.4. The molecule has 0 unspecified atom stereocenters. The summed E-state index contributed by atoms with van der Waals surface area (Å²) < 4.78 is 0.979. The van der Waals surface area contributed by atoms with E-state index in [1.54, 1.807) is 20.8 Å². The summed E-state index contributed by atoms with van der Waals surface area (Å²) in [5.74, 6) is -5.12. The minimum absolute atomic E-state index is 0.166. The monoisotopic (exact) mass is 347 g/mol. The fraction of sp³-hybridized carbons (Fsp3) is 0.312. The van der Waals surface area contributed by atoms with Gasteiger partial charge in [0.25, 0.3) is 11.6 Å². The topological polar surface area (TPSA) is 122 Å². The van der Waals surface area contributed by atoms with Gasteiger partial charge in [0, 0.05) is 18.7 Å². The Balaban J connectivity index is 2.55. The molecule has 0 aromatic carbocycles. The first-order chi connectivity index (χ1) is 11.5. The van der Waals surface area contributed by atoms with Crippen LogP contribution in [0.2, 0.25) is 0 Å². The van der Waals surface area contributed by atoms with Crippen molar-refractivity contribution in [2.75, 3.05) is 0 Å². The number of hydrogen-bond acceptors (Lipinski definition) is 5. The summed E-state index contributed by atoms with van der Waals surface area (Å²) in [6.07, 6.45) is 2.34. The predicted molar refractivity (Wildman–Crippen MR) is 80.9 cm³/mol. The molecule has 2 rings (SSSR count). The summed E-state index contributed by atoms with van der Waals surface area (Å²) in [6.45, 7) is 5.99. The summed E-state index contributed by atoms with van der Waals surface area (Å²) in [6, 6.07) is 2.61. The number of aromatic nitrogens is 1. The molecule has 0 spiro atoms. The average Bonchev–Trinajstić information content (AvgIpc) is 2.70. The lowest BCUT2D eigenvalue weighted by Gasteiger charge is -2.39. The lowest BCUT2D eigenvalue weighted by molar-refractivity contribution is -0.581. The van der Waals surface area contributed by atoms with Gasteiger partial charge < -0.3 is 10.2 Å². The van der Waals surface area contributed by atoms with Gasteiger partial charge in [0.05, 0.1) is 5.54 Å². The van der Waals surface area contributed by atoms with E-state index in [2.05, 4.69) is 0 Å². The van der Waals surface area contributed by atoms with Crippen LogP contribution in [-0.2, 0) is 14.4 Å². The number of amides is 3. The zero-order chi connectivity index (χ0) is 19.1. The number of pyridine rings is 1. The fourth-order valence-electron chi connectivity index (χ4n) is 2.55. The number of rotatable bonds is 3. The molecule has 1 aliphatic heterocycles. The Hall–Kier alpha value is -3.23. The van der Waals surface area contributed by atoms with E-state index in [4.69, 9.17) is 5.11 Å². The second kappa shape index (κ2) is 6.00. The van der Waals surface area contributed by atoms with Crippen molar-refractivity contribution in [2.24, 2.45) is 0 Å². The van der Waals surface area contributed by atoms with Gasteiger partial charge in [-0.15, -0.1) is 0 Å². The second-order valence-electron chi connectivity index (χ2n) is 6.41. The predicted octanol–water partition coefficient (Wildman–Crippen LogP) is -0.868. The lowest BCUT2D eigenvalue weighted by atomic mass is 10.1. The lowest BCUT2D eigenvalue weighted by Crippen LogP contribution is -2.58. The van der Waals surface area contributed by atoms with Crippen LogP contribution in [0.25, 0.3) is 5.70 Å². The molecule has 0 saturated carbocycles. The highest BCUT2D eigenvalue weighted by Gasteiger charge is 2.47. The minimum atomic E-state index is -1.25. The second-order valence-corrected chi connectivity index (χ2v) is 6.41. The van der Waals surface area contributed by atoms with Crippen molar-refractivity contribution in [1.29, 1.82) is 0 Å². The van der Waals surface area contributed by atoms with Gasteiger partial charge in [0.15, 0.2) is 12.4 Å². The maximum Gasteiger partial charge on any atom is 0.344 e. The number of carbonyl (C=O) groups is 4. The molecular weight excluding hydrogens is 330 g/mol. The highest BCUT2D eigenvalue weighted by Crippen LogP contribution is 2.25. The van der Waals surface area contributed by atoms with E-state index in [-0.39, 0.29) is 5.56 Å². The Morgan fingerprint density at radius 1 is 1.24 bits per heavy atom. The number of carboxylic acids is 1. The molecule has 0 radical (unpaired) electrons. The van der Waals surface area contributed by atoms with E-state index < -0.39 is 40.7 Å². The molecule has 132 valence electrons. The Kier molecular flexibility index (Phi) is 4.35. The van der Waals surface area contributed by atoms with E-state index >= 15 is 0 Å². The largest absolute Gasteiger partial charge is 0.864 e. The number of hydrazine groups is 1. The van der Waals surface area contributed by atoms with Crippen LogP contribution in [0.5, 0.6) is 0 Å². The number of carbonyl (C=O) groups excluding carboxylic acids is 3. The summed E-state index contributed by atoms with van der Waals surface area (Å²) in [5, 5.41) is 22.7. The standard InChI is InChI=1S/C16H17N3O6/c1-9(20)19(16(2,3)4)18-13(22)11(12(21)14(18)23)17-7-5-6-10(8-17)15(24)25/h5-8H,1-4H3,(H-,21,22,24,25). The molecule has 0 atom stereocenters. The summed E-state index contributed by atoms with van der Waals surface area (Å²) >= 11 is 0. The van der Waals surface area contributed by atoms with Crippen LogP contribution in [0.1, 0.15) is 38.1 Å². The fourth-order valence-corrected chi connectivity index (χ4v) is 2.55. The normalized spacial score (nSPS) is 15.0. The first-order valence-corrected chi connectivity index (χ1v) is 7.32. The molecular formula is C16H17N3O6. The summed E-state index contributed by atoms with van der Waals surface area (Å²) in [4.78, 5) is 48.0. The maximum atomic E-state index is 12.7. The third-order valence-corrected chi connectivity index (χ3v) is 3.44. The Morgan fingerprint density at radius 2 is 1.84 bits per heavy atom. The number of aromatic carboxylic acids is 1. The number of carboxylic acid groups (broad SMARTS) is 1. The molecule has 9 nitrogen and oxygen atoms in total. The molecule has 1 aliphatic rings. The minimum Gasteiger partial charge on any atom is -0.864 e. The van der Waals surface area contributed by atoms with Crippen molar-refractivity contribution >= 4 is 29.4 Å². The van der Waals surface area contributed by atoms with Gasteiger partial charge >= 0.3 is 11.9 Å². The molecule has 0 aliphatic carbocycles. The van der Waals surface area contributed by atoms with Crippen LogP contribution < -0.4 is 9.67 Å². The number of imide groups is 1. The van der Waals surface area contributed by atoms with Gasteiger partial charge in [0.1, 0.15) is 5.56 Å². The van der Waals surface area contributed by atoms with Crippen LogP contribution in [0.4, 0.5) is 0 Å². The smallest absolute Gasteiger partial charge is 0.344 e. The zero-order valence-corrected chi connectivity index (χ0v) is 14.1. The van der Waals surface area contributed by atoms with Crippen LogP contribution in [0.3, 0.4) is 0 Å². The molecule has 3 amide bonds. The molecule has 1 N–H and O–H groups in total. The quantitative estimate of drug-likeness (QED) is 0.560. The van der Waals surface area contributed by atoms with Gasteiger partial charge in [-0.2, -0.15) is 9.58 Å². The third-order valence-electron chi connectivity index (χ3n) is 3.44.